The molecular weight excluding hydrogens is 314 g/mol. The molecule has 0 aliphatic carbocycles. The van der Waals surface area contributed by atoms with E-state index in [0.29, 0.717) is 12.3 Å². The normalized spacial score (nSPS) is 16.5. The fourth-order valence-electron chi connectivity index (χ4n) is 3.51. The minimum atomic E-state index is -0.0975. The van der Waals surface area contributed by atoms with Crippen molar-refractivity contribution in [1.29, 1.82) is 0 Å². The minimum absolute atomic E-state index is 0.0343. The van der Waals surface area contributed by atoms with Gasteiger partial charge in [-0.05, 0) is 35.2 Å². The van der Waals surface area contributed by atoms with Crippen LogP contribution in [0.5, 0.6) is 11.5 Å². The summed E-state index contributed by atoms with van der Waals surface area (Å²) in [7, 11) is 3.29. The molecule has 0 aromatic heterocycles. The van der Waals surface area contributed by atoms with Gasteiger partial charge in [0.25, 0.3) is 0 Å². The van der Waals surface area contributed by atoms with Crippen LogP contribution < -0.4 is 9.47 Å². The third-order valence-electron chi connectivity index (χ3n) is 4.77. The highest BCUT2D eigenvalue weighted by molar-refractivity contribution is 5.79. The van der Waals surface area contributed by atoms with Gasteiger partial charge in [0.2, 0.25) is 5.91 Å². The molecule has 4 nitrogen and oxygen atoms in total. The average Bonchev–Trinajstić information content (AvgIpc) is 2.65. The maximum Gasteiger partial charge on any atom is 0.225 e. The zero-order valence-electron chi connectivity index (χ0n) is 15.3. The van der Waals surface area contributed by atoms with E-state index in [9.17, 15) is 4.79 Å². The highest BCUT2D eigenvalue weighted by Crippen LogP contribution is 2.41. The molecule has 3 rings (SSSR count). The number of ether oxygens (including phenoxy) is 2. The number of carbonyl (C=O) groups excluding carboxylic acids is 1. The summed E-state index contributed by atoms with van der Waals surface area (Å²) in [4.78, 5) is 14.8. The van der Waals surface area contributed by atoms with Gasteiger partial charge in [-0.3, -0.25) is 4.79 Å². The van der Waals surface area contributed by atoms with Crippen LogP contribution in [0.15, 0.2) is 42.5 Å². The number of hydrogen-bond acceptors (Lipinski definition) is 3. The third kappa shape index (κ3) is 3.21. The van der Waals surface area contributed by atoms with Crippen molar-refractivity contribution >= 4 is 5.91 Å². The molecule has 1 atom stereocenters. The highest BCUT2D eigenvalue weighted by atomic mass is 16.5. The topological polar surface area (TPSA) is 38.8 Å². The standard InChI is InChI=1S/C21H25NO3/c1-14(2)21(23)22-11-10-16-12-18(24-3)19(25-4)13-17(16)20(22)15-8-6-5-7-9-15/h5-9,12-14,20H,10-11H2,1-4H3/t20-/m0/s1. The number of benzene rings is 2. The molecule has 0 radical (unpaired) electrons. The second-order valence-corrected chi connectivity index (χ2v) is 6.66. The summed E-state index contributed by atoms with van der Waals surface area (Å²) < 4.78 is 11.0. The van der Waals surface area contributed by atoms with E-state index in [-0.39, 0.29) is 17.9 Å². The molecule has 132 valence electrons. The summed E-state index contributed by atoms with van der Waals surface area (Å²) in [6, 6.07) is 14.2. The van der Waals surface area contributed by atoms with Crippen molar-refractivity contribution in [1.82, 2.24) is 4.90 Å². The lowest BCUT2D eigenvalue weighted by atomic mass is 9.87. The van der Waals surface area contributed by atoms with Gasteiger partial charge >= 0.3 is 0 Å². The molecule has 0 saturated heterocycles. The summed E-state index contributed by atoms with van der Waals surface area (Å²) >= 11 is 0. The largest absolute Gasteiger partial charge is 0.493 e. The summed E-state index contributed by atoms with van der Waals surface area (Å²) in [5.41, 5.74) is 3.44. The molecule has 1 heterocycles. The second-order valence-electron chi connectivity index (χ2n) is 6.66. The summed E-state index contributed by atoms with van der Waals surface area (Å²) in [5.74, 6) is 1.57. The third-order valence-corrected chi connectivity index (χ3v) is 4.77. The zero-order valence-corrected chi connectivity index (χ0v) is 15.3. The molecule has 0 fully saturated rings. The first-order valence-corrected chi connectivity index (χ1v) is 8.67. The Morgan fingerprint density at radius 2 is 1.72 bits per heavy atom. The van der Waals surface area contributed by atoms with E-state index in [1.54, 1.807) is 14.2 Å². The number of carbonyl (C=O) groups is 1. The van der Waals surface area contributed by atoms with Crippen molar-refractivity contribution in [2.75, 3.05) is 20.8 Å². The summed E-state index contributed by atoms with van der Waals surface area (Å²) in [6.45, 7) is 4.61. The molecule has 0 spiro atoms. The molecule has 2 aromatic rings. The smallest absolute Gasteiger partial charge is 0.225 e. The SMILES string of the molecule is COc1cc2c(cc1OC)[C@H](c1ccccc1)N(C(=O)C(C)C)CC2. The molecule has 0 bridgehead atoms. The van der Waals surface area contributed by atoms with E-state index < -0.39 is 0 Å². The number of fused-ring (bicyclic) bond motifs is 1. The van der Waals surface area contributed by atoms with Gasteiger partial charge in [-0.15, -0.1) is 0 Å². The number of nitrogens with zero attached hydrogens (tertiary/aromatic N) is 1. The molecule has 0 N–H and O–H groups in total. The number of hydrogen-bond donors (Lipinski definition) is 0. The number of amides is 1. The molecule has 1 aliphatic rings. The van der Waals surface area contributed by atoms with Crippen molar-refractivity contribution in [3.63, 3.8) is 0 Å². The Labute approximate surface area is 149 Å². The Bertz CT molecular complexity index is 755. The van der Waals surface area contributed by atoms with Gasteiger partial charge in [0.15, 0.2) is 11.5 Å². The van der Waals surface area contributed by atoms with Crippen LogP contribution >= 0.6 is 0 Å². The average molecular weight is 339 g/mol. The lowest BCUT2D eigenvalue weighted by Gasteiger charge is -2.39. The lowest BCUT2D eigenvalue weighted by Crippen LogP contribution is -2.42. The van der Waals surface area contributed by atoms with Crippen LogP contribution in [0.2, 0.25) is 0 Å². The molecule has 2 aromatic carbocycles. The molecule has 25 heavy (non-hydrogen) atoms. The first-order chi connectivity index (χ1) is 12.1. The highest BCUT2D eigenvalue weighted by Gasteiger charge is 2.34. The Morgan fingerprint density at radius 1 is 1.08 bits per heavy atom. The molecule has 4 heteroatoms. The van der Waals surface area contributed by atoms with E-state index >= 15 is 0 Å². The second kappa shape index (κ2) is 7.18. The monoisotopic (exact) mass is 339 g/mol. The summed E-state index contributed by atoms with van der Waals surface area (Å²) in [6.07, 6.45) is 0.817. The van der Waals surface area contributed by atoms with E-state index in [0.717, 1.165) is 23.3 Å². The predicted octanol–water partition coefficient (Wildman–Crippen LogP) is 3.83. The van der Waals surface area contributed by atoms with Crippen LogP contribution in [-0.2, 0) is 11.2 Å². The maximum atomic E-state index is 12.8. The van der Waals surface area contributed by atoms with Crippen LogP contribution in [0.25, 0.3) is 0 Å². The molecule has 0 saturated carbocycles. The van der Waals surface area contributed by atoms with E-state index in [2.05, 4.69) is 12.1 Å². The van der Waals surface area contributed by atoms with Crippen LogP contribution in [0.1, 0.15) is 36.6 Å². The molecule has 0 unspecified atom stereocenters. The van der Waals surface area contributed by atoms with Crippen molar-refractivity contribution in [3.8, 4) is 11.5 Å². The van der Waals surface area contributed by atoms with Gasteiger partial charge in [-0.25, -0.2) is 0 Å². The van der Waals surface area contributed by atoms with Gasteiger partial charge in [0, 0.05) is 12.5 Å². The van der Waals surface area contributed by atoms with Crippen molar-refractivity contribution in [2.24, 2.45) is 5.92 Å². The minimum Gasteiger partial charge on any atom is -0.493 e. The van der Waals surface area contributed by atoms with Crippen LogP contribution in [0.3, 0.4) is 0 Å². The van der Waals surface area contributed by atoms with E-state index in [4.69, 9.17) is 9.47 Å². The van der Waals surface area contributed by atoms with Crippen LogP contribution in [0.4, 0.5) is 0 Å². The Hall–Kier alpha value is -2.49. The zero-order chi connectivity index (χ0) is 18.0. The van der Waals surface area contributed by atoms with Crippen molar-refractivity contribution < 1.29 is 14.3 Å². The van der Waals surface area contributed by atoms with E-state index in [1.807, 2.05) is 49.1 Å². The Balaban J connectivity index is 2.15. The fraction of sp³-hybridized carbons (Fsp3) is 0.381. The van der Waals surface area contributed by atoms with Gasteiger partial charge < -0.3 is 14.4 Å². The Morgan fingerprint density at radius 3 is 2.32 bits per heavy atom. The van der Waals surface area contributed by atoms with Crippen LogP contribution in [-0.4, -0.2) is 31.6 Å². The maximum absolute atomic E-state index is 12.8. The predicted molar refractivity (Wildman–Crippen MR) is 98.1 cm³/mol. The summed E-state index contributed by atoms with van der Waals surface area (Å²) in [5, 5.41) is 0. The quantitative estimate of drug-likeness (QED) is 0.850. The fourth-order valence-corrected chi connectivity index (χ4v) is 3.51. The lowest BCUT2D eigenvalue weighted by molar-refractivity contribution is -0.136. The van der Waals surface area contributed by atoms with Gasteiger partial charge in [0.05, 0.1) is 20.3 Å². The number of rotatable bonds is 4. The first-order valence-electron chi connectivity index (χ1n) is 8.67. The first kappa shape index (κ1) is 17.3. The Kier molecular flexibility index (Phi) is 4.98. The van der Waals surface area contributed by atoms with Crippen molar-refractivity contribution in [2.45, 2.75) is 26.3 Å². The molecule has 1 amide bonds. The van der Waals surface area contributed by atoms with Crippen LogP contribution in [0, 0.1) is 5.92 Å². The van der Waals surface area contributed by atoms with Gasteiger partial charge in [-0.2, -0.15) is 0 Å². The van der Waals surface area contributed by atoms with Crippen molar-refractivity contribution in [3.05, 3.63) is 59.2 Å². The number of methoxy groups -OCH3 is 2. The molecule has 1 aliphatic heterocycles. The van der Waals surface area contributed by atoms with Gasteiger partial charge in [-0.1, -0.05) is 44.2 Å². The molecular formula is C21H25NO3. The van der Waals surface area contributed by atoms with Gasteiger partial charge in [0.1, 0.15) is 0 Å². The van der Waals surface area contributed by atoms with E-state index in [1.165, 1.54) is 5.56 Å².